The van der Waals surface area contributed by atoms with Crippen LogP contribution in [-0.4, -0.2) is 25.6 Å². The minimum atomic E-state index is -0.182. The van der Waals surface area contributed by atoms with Crippen LogP contribution in [0.25, 0.3) is 0 Å². The van der Waals surface area contributed by atoms with Crippen LogP contribution in [0.4, 0.5) is 11.4 Å². The Hall–Kier alpha value is -2.20. The summed E-state index contributed by atoms with van der Waals surface area (Å²) in [5.41, 5.74) is 2.90. The molecule has 1 aliphatic heterocycles. The van der Waals surface area contributed by atoms with Gasteiger partial charge in [-0.05, 0) is 73.7 Å². The van der Waals surface area contributed by atoms with Gasteiger partial charge in [0.25, 0.3) is 5.91 Å². The second-order valence-electron chi connectivity index (χ2n) is 6.96. The van der Waals surface area contributed by atoms with E-state index in [0.717, 1.165) is 30.3 Å². The average molecular weight is 373 g/mol. The maximum absolute atomic E-state index is 12.1. The summed E-state index contributed by atoms with van der Waals surface area (Å²) in [6, 6.07) is 13.4. The predicted molar refractivity (Wildman–Crippen MR) is 107 cm³/mol. The first kappa shape index (κ1) is 18.6. The average Bonchev–Trinajstić information content (AvgIpc) is 2.62. The van der Waals surface area contributed by atoms with Gasteiger partial charge >= 0.3 is 0 Å². The largest absolute Gasteiger partial charge is 0.483 e. The highest BCUT2D eigenvalue weighted by Gasteiger charge is 2.16. The number of hydrogen-bond donors (Lipinski definition) is 1. The Morgan fingerprint density at radius 1 is 1.19 bits per heavy atom. The topological polar surface area (TPSA) is 41.6 Å². The number of amides is 1. The standard InChI is InChI=1S/C21H25ClN2O2/c1-15-9-11-24(12-10-15)19-6-4-18(5-7-19)23-21(25)14-26-20-8-3-17(22)13-16(20)2/h3-8,13,15H,9-12,14H2,1-2H3,(H,23,25). The first-order valence-corrected chi connectivity index (χ1v) is 9.43. The number of benzene rings is 2. The highest BCUT2D eigenvalue weighted by Crippen LogP contribution is 2.24. The molecule has 0 saturated carbocycles. The van der Waals surface area contributed by atoms with E-state index in [1.54, 1.807) is 12.1 Å². The Labute approximate surface area is 160 Å². The SMILES string of the molecule is Cc1cc(Cl)ccc1OCC(=O)Nc1ccc(N2CCC(C)CC2)cc1. The monoisotopic (exact) mass is 372 g/mol. The number of nitrogens with one attached hydrogen (secondary N) is 1. The van der Waals surface area contributed by atoms with Gasteiger partial charge in [0.15, 0.2) is 6.61 Å². The van der Waals surface area contributed by atoms with Crippen LogP contribution in [0.3, 0.4) is 0 Å². The summed E-state index contributed by atoms with van der Waals surface area (Å²) >= 11 is 5.92. The molecule has 26 heavy (non-hydrogen) atoms. The van der Waals surface area contributed by atoms with Crippen molar-refractivity contribution >= 4 is 28.9 Å². The number of carbonyl (C=O) groups is 1. The summed E-state index contributed by atoms with van der Waals surface area (Å²) in [5.74, 6) is 1.30. The lowest BCUT2D eigenvalue weighted by Gasteiger charge is -2.32. The summed E-state index contributed by atoms with van der Waals surface area (Å²) < 4.78 is 5.58. The highest BCUT2D eigenvalue weighted by atomic mass is 35.5. The molecule has 1 heterocycles. The van der Waals surface area contributed by atoms with Crippen molar-refractivity contribution in [3.05, 3.63) is 53.1 Å². The molecular formula is C21H25ClN2O2. The fourth-order valence-corrected chi connectivity index (χ4v) is 3.36. The van der Waals surface area contributed by atoms with Gasteiger partial charge in [0.1, 0.15) is 5.75 Å². The number of hydrogen-bond acceptors (Lipinski definition) is 3. The molecule has 3 rings (SSSR count). The number of ether oxygens (including phenoxy) is 1. The molecule has 1 saturated heterocycles. The molecule has 0 radical (unpaired) electrons. The maximum Gasteiger partial charge on any atom is 0.262 e. The van der Waals surface area contributed by atoms with Gasteiger partial charge in [-0.3, -0.25) is 4.79 Å². The van der Waals surface area contributed by atoms with E-state index in [1.807, 2.05) is 25.1 Å². The van der Waals surface area contributed by atoms with Crippen LogP contribution in [0, 0.1) is 12.8 Å². The van der Waals surface area contributed by atoms with E-state index in [1.165, 1.54) is 18.5 Å². The molecule has 0 bridgehead atoms. The third kappa shape index (κ3) is 4.92. The Balaban J connectivity index is 1.51. The molecule has 5 heteroatoms. The van der Waals surface area contributed by atoms with Crippen LogP contribution in [0.5, 0.6) is 5.75 Å². The quantitative estimate of drug-likeness (QED) is 0.811. The smallest absolute Gasteiger partial charge is 0.262 e. The minimum absolute atomic E-state index is 0.0335. The Kier molecular flexibility index (Phi) is 6.04. The van der Waals surface area contributed by atoms with E-state index in [-0.39, 0.29) is 12.5 Å². The van der Waals surface area contributed by atoms with Crippen molar-refractivity contribution in [2.24, 2.45) is 5.92 Å². The lowest BCUT2D eigenvalue weighted by molar-refractivity contribution is -0.118. The van der Waals surface area contributed by atoms with Crippen molar-refractivity contribution in [1.29, 1.82) is 0 Å². The van der Waals surface area contributed by atoms with Gasteiger partial charge in [0.2, 0.25) is 0 Å². The lowest BCUT2D eigenvalue weighted by atomic mass is 9.99. The van der Waals surface area contributed by atoms with Crippen LogP contribution in [-0.2, 0) is 4.79 Å². The molecule has 0 unspecified atom stereocenters. The summed E-state index contributed by atoms with van der Waals surface area (Å²) in [5, 5.41) is 3.53. The third-order valence-corrected chi connectivity index (χ3v) is 5.03. The molecule has 2 aromatic rings. The molecule has 1 N–H and O–H groups in total. The van der Waals surface area contributed by atoms with Gasteiger partial charge in [0.05, 0.1) is 0 Å². The van der Waals surface area contributed by atoms with Crippen molar-refractivity contribution in [2.75, 3.05) is 29.9 Å². The van der Waals surface area contributed by atoms with Gasteiger partial charge < -0.3 is 15.0 Å². The lowest BCUT2D eigenvalue weighted by Crippen LogP contribution is -2.32. The second-order valence-corrected chi connectivity index (χ2v) is 7.40. The molecule has 1 fully saturated rings. The third-order valence-electron chi connectivity index (χ3n) is 4.80. The predicted octanol–water partition coefficient (Wildman–Crippen LogP) is 4.90. The summed E-state index contributed by atoms with van der Waals surface area (Å²) in [6.07, 6.45) is 2.47. The summed E-state index contributed by atoms with van der Waals surface area (Å²) in [6.45, 7) is 6.37. The van der Waals surface area contributed by atoms with Crippen LogP contribution in [0.15, 0.2) is 42.5 Å². The van der Waals surface area contributed by atoms with E-state index >= 15 is 0 Å². The van der Waals surface area contributed by atoms with E-state index in [0.29, 0.717) is 10.8 Å². The molecule has 1 aliphatic rings. The van der Waals surface area contributed by atoms with Crippen LogP contribution < -0.4 is 15.0 Å². The molecule has 0 aromatic heterocycles. The van der Waals surface area contributed by atoms with Gasteiger partial charge in [-0.2, -0.15) is 0 Å². The van der Waals surface area contributed by atoms with E-state index in [2.05, 4.69) is 29.3 Å². The number of rotatable bonds is 5. The number of piperidine rings is 1. The molecule has 1 amide bonds. The summed E-state index contributed by atoms with van der Waals surface area (Å²) in [7, 11) is 0. The molecule has 0 aliphatic carbocycles. The van der Waals surface area contributed by atoms with Gasteiger partial charge in [-0.15, -0.1) is 0 Å². The van der Waals surface area contributed by atoms with Crippen molar-refractivity contribution in [3.8, 4) is 5.75 Å². The Bertz CT molecular complexity index is 753. The Morgan fingerprint density at radius 3 is 2.54 bits per heavy atom. The molecule has 0 spiro atoms. The zero-order valence-corrected chi connectivity index (χ0v) is 16.1. The van der Waals surface area contributed by atoms with Crippen molar-refractivity contribution in [2.45, 2.75) is 26.7 Å². The molecule has 2 aromatic carbocycles. The molecule has 0 atom stereocenters. The zero-order chi connectivity index (χ0) is 18.5. The molecule has 138 valence electrons. The van der Waals surface area contributed by atoms with Gasteiger partial charge in [0, 0.05) is 29.5 Å². The van der Waals surface area contributed by atoms with Gasteiger partial charge in [-0.25, -0.2) is 0 Å². The number of carbonyl (C=O) groups excluding carboxylic acids is 1. The highest BCUT2D eigenvalue weighted by molar-refractivity contribution is 6.30. The number of nitrogens with zero attached hydrogens (tertiary/aromatic N) is 1. The number of anilines is 2. The molecule has 4 nitrogen and oxygen atoms in total. The Morgan fingerprint density at radius 2 is 1.88 bits per heavy atom. The van der Waals surface area contributed by atoms with Crippen molar-refractivity contribution in [1.82, 2.24) is 0 Å². The van der Waals surface area contributed by atoms with Crippen LogP contribution >= 0.6 is 11.6 Å². The minimum Gasteiger partial charge on any atom is -0.483 e. The first-order valence-electron chi connectivity index (χ1n) is 9.05. The fourth-order valence-electron chi connectivity index (χ4n) is 3.14. The zero-order valence-electron chi connectivity index (χ0n) is 15.3. The number of halogens is 1. The van der Waals surface area contributed by atoms with E-state index in [9.17, 15) is 4.79 Å². The normalized spacial score (nSPS) is 15.0. The van der Waals surface area contributed by atoms with Crippen molar-refractivity contribution < 1.29 is 9.53 Å². The molecular weight excluding hydrogens is 348 g/mol. The van der Waals surface area contributed by atoms with E-state index < -0.39 is 0 Å². The first-order chi connectivity index (χ1) is 12.5. The van der Waals surface area contributed by atoms with Crippen LogP contribution in [0.2, 0.25) is 5.02 Å². The van der Waals surface area contributed by atoms with E-state index in [4.69, 9.17) is 16.3 Å². The number of aryl methyl sites for hydroxylation is 1. The maximum atomic E-state index is 12.1. The summed E-state index contributed by atoms with van der Waals surface area (Å²) in [4.78, 5) is 14.5. The van der Waals surface area contributed by atoms with Gasteiger partial charge in [-0.1, -0.05) is 18.5 Å². The van der Waals surface area contributed by atoms with Crippen LogP contribution in [0.1, 0.15) is 25.3 Å². The van der Waals surface area contributed by atoms with Crippen molar-refractivity contribution in [3.63, 3.8) is 0 Å². The fraction of sp³-hybridized carbons (Fsp3) is 0.381. The second kappa shape index (κ2) is 8.45.